The van der Waals surface area contributed by atoms with Gasteiger partial charge < -0.3 is 19.6 Å². The Labute approximate surface area is 545 Å². The Bertz CT molecular complexity index is 5220. The molecule has 440 valence electrons. The molecule has 4 nitrogen and oxygen atoms in total. The normalized spacial score (nSPS) is 11.6. The van der Waals surface area contributed by atoms with Crippen LogP contribution in [0.15, 0.2) is 364 Å². The lowest BCUT2D eigenvalue weighted by Gasteiger charge is -2.29. The third-order valence-corrected chi connectivity index (χ3v) is 19.0. The van der Waals surface area contributed by atoms with Gasteiger partial charge in [0.1, 0.15) is 0 Å². The van der Waals surface area contributed by atoms with Gasteiger partial charge in [0, 0.05) is 68.2 Å². The Hall–Kier alpha value is -12.5. The Balaban J connectivity index is 0.993. The molecule has 0 atom stereocenters. The van der Waals surface area contributed by atoms with E-state index in [4.69, 9.17) is 0 Å². The van der Waals surface area contributed by atoms with Crippen LogP contribution in [-0.2, 0) is 0 Å². The largest absolute Gasteiger partial charge is 0.310 e. The Kier molecular flexibility index (Phi) is 13.2. The van der Waals surface area contributed by atoms with Crippen LogP contribution in [0.1, 0.15) is 0 Å². The van der Waals surface area contributed by atoms with Crippen molar-refractivity contribution < 1.29 is 0 Å². The maximum absolute atomic E-state index is 2.48. The third kappa shape index (κ3) is 9.47. The first-order valence-electron chi connectivity index (χ1n) is 32.3. The van der Waals surface area contributed by atoms with E-state index in [1.54, 1.807) is 0 Å². The van der Waals surface area contributed by atoms with Crippen molar-refractivity contribution in [3.05, 3.63) is 364 Å². The molecule has 0 saturated carbocycles. The van der Waals surface area contributed by atoms with Crippen molar-refractivity contribution in [1.29, 1.82) is 0 Å². The minimum absolute atomic E-state index is 1.06. The lowest BCUT2D eigenvalue weighted by atomic mass is 9.86. The molecule has 0 bridgehead atoms. The Morgan fingerprint density at radius 1 is 0.117 bits per heavy atom. The van der Waals surface area contributed by atoms with Crippen LogP contribution < -0.4 is 19.6 Å². The summed E-state index contributed by atoms with van der Waals surface area (Å²) < 4.78 is 0. The van der Waals surface area contributed by atoms with E-state index in [1.807, 2.05) is 0 Å². The number of fused-ring (bicyclic) bond motifs is 15. The molecule has 0 spiro atoms. The van der Waals surface area contributed by atoms with E-state index in [0.29, 0.717) is 0 Å². The van der Waals surface area contributed by atoms with Crippen molar-refractivity contribution in [2.75, 3.05) is 19.6 Å². The minimum atomic E-state index is 1.06. The van der Waals surface area contributed by atoms with Crippen molar-refractivity contribution in [1.82, 2.24) is 0 Å². The van der Waals surface area contributed by atoms with Gasteiger partial charge in [0.2, 0.25) is 0 Å². The van der Waals surface area contributed by atoms with Crippen molar-refractivity contribution in [2.45, 2.75) is 0 Å². The van der Waals surface area contributed by atoms with Crippen LogP contribution in [0.5, 0.6) is 0 Å². The molecule has 18 rings (SSSR count). The maximum Gasteiger partial charge on any atom is 0.0468 e. The summed E-state index contributed by atoms with van der Waals surface area (Å²) in [5.74, 6) is 0. The molecule has 0 aliphatic carbocycles. The highest BCUT2D eigenvalue weighted by Crippen LogP contribution is 2.51. The molecule has 94 heavy (non-hydrogen) atoms. The maximum atomic E-state index is 2.48. The minimum Gasteiger partial charge on any atom is -0.310 e. The van der Waals surface area contributed by atoms with Crippen molar-refractivity contribution >= 4 is 165 Å². The first-order valence-corrected chi connectivity index (χ1v) is 32.3. The molecule has 0 amide bonds. The lowest BCUT2D eigenvalue weighted by Crippen LogP contribution is -2.11. The predicted octanol–water partition coefficient (Wildman–Crippen LogP) is 25.9. The summed E-state index contributed by atoms with van der Waals surface area (Å²) in [5, 5.41) is 21.2. The topological polar surface area (TPSA) is 13.0 Å². The zero-order valence-electron chi connectivity index (χ0n) is 51.4. The van der Waals surface area contributed by atoms with Gasteiger partial charge in [-0.05, 0) is 243 Å². The van der Waals surface area contributed by atoms with Gasteiger partial charge in [0.15, 0.2) is 0 Å². The third-order valence-electron chi connectivity index (χ3n) is 19.0. The number of rotatable bonds is 12. The number of nitrogens with zero attached hydrogens (tertiary/aromatic N) is 4. The molecule has 0 N–H and O–H groups in total. The summed E-state index contributed by atoms with van der Waals surface area (Å²) >= 11 is 0. The van der Waals surface area contributed by atoms with Crippen LogP contribution in [0, 0.1) is 0 Å². The molecule has 0 aromatic heterocycles. The van der Waals surface area contributed by atoms with Gasteiger partial charge in [0.25, 0.3) is 0 Å². The van der Waals surface area contributed by atoms with Crippen molar-refractivity contribution in [3.63, 3.8) is 0 Å². The van der Waals surface area contributed by atoms with Crippen LogP contribution in [-0.4, -0.2) is 0 Å². The molecule has 18 aromatic carbocycles. The molecule has 0 heterocycles. The molecule has 0 aliphatic heterocycles. The summed E-state index contributed by atoms with van der Waals surface area (Å²) in [5.41, 5.74) is 12.9. The van der Waals surface area contributed by atoms with Gasteiger partial charge >= 0.3 is 0 Å². The molecule has 0 unspecified atom stereocenters. The van der Waals surface area contributed by atoms with E-state index in [-0.39, 0.29) is 0 Å². The van der Waals surface area contributed by atoms with E-state index >= 15 is 0 Å². The quantitative estimate of drug-likeness (QED) is 0.113. The molecular formula is C90H60N4. The fourth-order valence-electron chi connectivity index (χ4n) is 14.6. The fourth-order valence-corrected chi connectivity index (χ4v) is 14.6. The van der Waals surface area contributed by atoms with Gasteiger partial charge in [0.05, 0.1) is 0 Å². The molecule has 0 fully saturated rings. The summed E-state index contributed by atoms with van der Waals surface area (Å²) in [6, 6.07) is 134. The summed E-state index contributed by atoms with van der Waals surface area (Å²) in [6.07, 6.45) is 0. The predicted molar refractivity (Wildman–Crippen MR) is 403 cm³/mol. The SMILES string of the molecule is c1ccc(N(c2ccc3ccccc3c2)c2ccc3c4ccc(N(c5ccccc5)c5ccc6ccccc6c5)cc4c4c5cc(N(c6ccccc6)c6ccc7ccccc7c6)ccc5c5ccc(N(c6ccccc6)c6ccc7ccccc7c6)cc5c4c3c2)cc1. The molecule has 0 radical (unpaired) electrons. The zero-order chi connectivity index (χ0) is 62.1. The average molecular weight is 1200 g/mol. The van der Waals surface area contributed by atoms with Crippen LogP contribution in [0.25, 0.3) is 97.0 Å². The Morgan fingerprint density at radius 3 is 0.521 bits per heavy atom. The number of benzene rings is 18. The van der Waals surface area contributed by atoms with E-state index in [1.165, 1.54) is 75.4 Å². The highest BCUT2D eigenvalue weighted by Gasteiger charge is 2.25. The molecular weight excluding hydrogens is 1140 g/mol. The van der Waals surface area contributed by atoms with Crippen LogP contribution >= 0.6 is 0 Å². The number of hydrogen-bond donors (Lipinski definition) is 0. The fraction of sp³-hybridized carbons (Fsp3) is 0. The van der Waals surface area contributed by atoms with Gasteiger partial charge in [-0.2, -0.15) is 0 Å². The van der Waals surface area contributed by atoms with Gasteiger partial charge in [-0.25, -0.2) is 0 Å². The molecule has 0 aliphatic rings. The molecule has 4 heteroatoms. The Morgan fingerprint density at radius 2 is 0.298 bits per heavy atom. The van der Waals surface area contributed by atoms with E-state index in [2.05, 4.69) is 384 Å². The second-order valence-corrected chi connectivity index (χ2v) is 24.5. The van der Waals surface area contributed by atoms with E-state index in [9.17, 15) is 0 Å². The highest BCUT2D eigenvalue weighted by atomic mass is 15.2. The monoisotopic (exact) mass is 1200 g/mol. The van der Waals surface area contributed by atoms with Crippen molar-refractivity contribution in [3.8, 4) is 0 Å². The van der Waals surface area contributed by atoms with E-state index < -0.39 is 0 Å². The van der Waals surface area contributed by atoms with Gasteiger partial charge in [-0.3, -0.25) is 0 Å². The van der Waals surface area contributed by atoms with Crippen LogP contribution in [0.2, 0.25) is 0 Å². The second-order valence-electron chi connectivity index (χ2n) is 24.5. The summed E-state index contributed by atoms with van der Waals surface area (Å²) in [7, 11) is 0. The van der Waals surface area contributed by atoms with Crippen LogP contribution in [0.4, 0.5) is 68.2 Å². The highest BCUT2D eigenvalue weighted by molar-refractivity contribution is 6.40. The van der Waals surface area contributed by atoms with Crippen LogP contribution in [0.3, 0.4) is 0 Å². The second kappa shape index (κ2) is 22.8. The average Bonchev–Trinajstić information content (AvgIpc) is 0.701. The molecule has 18 aromatic rings. The summed E-state index contributed by atoms with van der Waals surface area (Å²) in [6.45, 7) is 0. The summed E-state index contributed by atoms with van der Waals surface area (Å²) in [4.78, 5) is 9.71. The number of para-hydroxylation sites is 4. The number of anilines is 12. The first kappa shape index (κ1) is 54.4. The molecule has 0 saturated heterocycles. The lowest BCUT2D eigenvalue weighted by molar-refractivity contribution is 1.29. The smallest absolute Gasteiger partial charge is 0.0468 e. The number of hydrogen-bond acceptors (Lipinski definition) is 4. The van der Waals surface area contributed by atoms with E-state index in [0.717, 1.165) is 89.8 Å². The zero-order valence-corrected chi connectivity index (χ0v) is 51.4. The van der Waals surface area contributed by atoms with Gasteiger partial charge in [-0.15, -0.1) is 0 Å². The standard InChI is InChI=1S/C90H60N4/c1-5-29-69(30-6-1)91(73-41-37-61-21-13-17-25-65(61)53-73)77-45-49-81-82-50-46-79(93(71-33-9-3-10-34-71)75-43-39-63-23-15-19-27-67(63)55-75)59-87(82)90-88-60-80(94(72-35-11-4-12-36-72)76-44-40-64-24-16-20-28-68(64)56-76)48-52-84(88)83-51-47-78(58-86(83)89(90)85(81)57-77)92(70-31-7-2-8-32-70)74-42-38-62-22-14-18-26-66(62)54-74/h1-60H. The van der Waals surface area contributed by atoms with Gasteiger partial charge in [-0.1, -0.05) is 218 Å². The van der Waals surface area contributed by atoms with Crippen molar-refractivity contribution in [2.24, 2.45) is 0 Å². The first-order chi connectivity index (χ1) is 46.6.